The van der Waals surface area contributed by atoms with Crippen molar-refractivity contribution in [1.82, 2.24) is 14.8 Å². The first kappa shape index (κ1) is 23.4. The molecule has 0 radical (unpaired) electrons. The molecule has 0 saturated heterocycles. The maximum Gasteiger partial charge on any atom is 0.234 e. The van der Waals surface area contributed by atoms with Crippen molar-refractivity contribution in [3.05, 3.63) is 81.8 Å². The van der Waals surface area contributed by atoms with Gasteiger partial charge in [-0.1, -0.05) is 46.6 Å². The predicted molar refractivity (Wildman–Crippen MR) is 134 cm³/mol. The molecule has 0 bridgehead atoms. The highest BCUT2D eigenvalue weighted by Gasteiger charge is 2.18. The van der Waals surface area contributed by atoms with Gasteiger partial charge in [0.15, 0.2) is 11.0 Å². The van der Waals surface area contributed by atoms with Gasteiger partial charge < -0.3 is 10.1 Å². The van der Waals surface area contributed by atoms with E-state index in [2.05, 4.69) is 15.5 Å². The van der Waals surface area contributed by atoms with Crippen molar-refractivity contribution in [3.63, 3.8) is 0 Å². The summed E-state index contributed by atoms with van der Waals surface area (Å²) in [6, 6.07) is 19.7. The zero-order valence-corrected chi connectivity index (χ0v) is 20.3. The van der Waals surface area contributed by atoms with Crippen LogP contribution in [-0.2, 0) is 4.79 Å². The van der Waals surface area contributed by atoms with Gasteiger partial charge in [0.05, 0.1) is 23.6 Å². The van der Waals surface area contributed by atoms with Crippen LogP contribution in [0.15, 0.2) is 71.9 Å². The molecule has 1 heterocycles. The van der Waals surface area contributed by atoms with Crippen molar-refractivity contribution >= 4 is 58.2 Å². The minimum absolute atomic E-state index is 0.0950. The number of rotatable bonds is 7. The molecule has 4 rings (SSSR count). The number of carbonyl (C=O) groups excluding carboxylic acids is 1. The number of carbonyl (C=O) groups is 1. The van der Waals surface area contributed by atoms with E-state index in [1.165, 1.54) is 11.8 Å². The van der Waals surface area contributed by atoms with Crippen molar-refractivity contribution in [2.45, 2.75) is 5.16 Å². The zero-order chi connectivity index (χ0) is 23.4. The van der Waals surface area contributed by atoms with E-state index in [1.807, 2.05) is 41.0 Å². The average Bonchev–Trinajstić information content (AvgIpc) is 3.24. The van der Waals surface area contributed by atoms with Crippen molar-refractivity contribution < 1.29 is 9.53 Å². The van der Waals surface area contributed by atoms with Gasteiger partial charge in [0.25, 0.3) is 0 Å². The van der Waals surface area contributed by atoms with Gasteiger partial charge in [-0.15, -0.1) is 10.2 Å². The lowest BCUT2D eigenvalue weighted by Gasteiger charge is -2.12. The lowest BCUT2D eigenvalue weighted by molar-refractivity contribution is -0.113. The van der Waals surface area contributed by atoms with Gasteiger partial charge in [0.1, 0.15) is 5.75 Å². The van der Waals surface area contributed by atoms with Crippen LogP contribution in [0, 0.1) is 0 Å². The van der Waals surface area contributed by atoms with Gasteiger partial charge >= 0.3 is 0 Å². The molecular formula is C23H17Cl3N4O2S. The Morgan fingerprint density at radius 2 is 1.67 bits per heavy atom. The van der Waals surface area contributed by atoms with Gasteiger partial charge in [-0.3, -0.25) is 9.36 Å². The summed E-state index contributed by atoms with van der Waals surface area (Å²) >= 11 is 19.4. The number of nitrogens with one attached hydrogen (secondary N) is 1. The molecule has 33 heavy (non-hydrogen) atoms. The fourth-order valence-corrected chi connectivity index (χ4v) is 4.24. The Hall–Kier alpha value is -2.71. The van der Waals surface area contributed by atoms with Gasteiger partial charge in [-0.2, -0.15) is 0 Å². The summed E-state index contributed by atoms with van der Waals surface area (Å²) in [5, 5.41) is 13.5. The van der Waals surface area contributed by atoms with Crippen molar-refractivity contribution in [2.75, 3.05) is 18.2 Å². The molecule has 1 aromatic heterocycles. The number of anilines is 1. The molecule has 4 aromatic rings. The van der Waals surface area contributed by atoms with Crippen LogP contribution in [0.5, 0.6) is 5.75 Å². The number of hydrogen-bond acceptors (Lipinski definition) is 5. The van der Waals surface area contributed by atoms with Crippen LogP contribution in [0.25, 0.3) is 17.1 Å². The fraction of sp³-hybridized carbons (Fsp3) is 0.0870. The lowest BCUT2D eigenvalue weighted by atomic mass is 10.2. The molecule has 0 aliphatic heterocycles. The number of halogens is 3. The van der Waals surface area contributed by atoms with E-state index in [1.54, 1.807) is 37.4 Å². The number of amides is 1. The first-order chi connectivity index (χ1) is 15.9. The van der Waals surface area contributed by atoms with Gasteiger partial charge in [0.2, 0.25) is 5.91 Å². The molecule has 168 valence electrons. The Bertz CT molecular complexity index is 1280. The quantitative estimate of drug-likeness (QED) is 0.277. The summed E-state index contributed by atoms with van der Waals surface area (Å²) in [7, 11) is 1.61. The molecule has 0 aliphatic carbocycles. The molecule has 0 atom stereocenters. The van der Waals surface area contributed by atoms with Crippen LogP contribution < -0.4 is 10.1 Å². The van der Waals surface area contributed by atoms with E-state index in [-0.39, 0.29) is 11.7 Å². The van der Waals surface area contributed by atoms with Gasteiger partial charge in [-0.25, -0.2) is 0 Å². The first-order valence-electron chi connectivity index (χ1n) is 9.68. The van der Waals surface area contributed by atoms with Crippen LogP contribution in [0.3, 0.4) is 0 Å². The summed E-state index contributed by atoms with van der Waals surface area (Å²) < 4.78 is 7.15. The molecule has 1 amide bonds. The lowest BCUT2D eigenvalue weighted by Crippen LogP contribution is -2.15. The zero-order valence-electron chi connectivity index (χ0n) is 17.3. The summed E-state index contributed by atoms with van der Waals surface area (Å²) in [4.78, 5) is 12.6. The minimum atomic E-state index is -0.249. The number of methoxy groups -OCH3 is 1. The van der Waals surface area contributed by atoms with Crippen LogP contribution in [0.1, 0.15) is 0 Å². The second-order valence-electron chi connectivity index (χ2n) is 6.81. The number of benzene rings is 3. The fourth-order valence-electron chi connectivity index (χ4n) is 3.02. The monoisotopic (exact) mass is 518 g/mol. The number of aromatic nitrogens is 3. The maximum atomic E-state index is 12.6. The molecule has 1 N–H and O–H groups in total. The molecule has 0 unspecified atom stereocenters. The van der Waals surface area contributed by atoms with Crippen molar-refractivity contribution in [1.29, 1.82) is 0 Å². The molecule has 6 nitrogen and oxygen atoms in total. The molecule has 0 spiro atoms. The van der Waals surface area contributed by atoms with Crippen molar-refractivity contribution in [2.24, 2.45) is 0 Å². The van der Waals surface area contributed by atoms with Crippen LogP contribution in [0.4, 0.5) is 5.69 Å². The number of ether oxygens (including phenoxy) is 1. The normalized spacial score (nSPS) is 10.8. The Morgan fingerprint density at radius 3 is 2.36 bits per heavy atom. The smallest absolute Gasteiger partial charge is 0.234 e. The molecule has 10 heteroatoms. The topological polar surface area (TPSA) is 69.0 Å². The maximum absolute atomic E-state index is 12.6. The highest BCUT2D eigenvalue weighted by Crippen LogP contribution is 2.30. The second-order valence-corrected chi connectivity index (χ2v) is 9.03. The molecule has 0 saturated carbocycles. The summed E-state index contributed by atoms with van der Waals surface area (Å²) in [5.74, 6) is 1.20. The van der Waals surface area contributed by atoms with Crippen LogP contribution >= 0.6 is 46.6 Å². The third kappa shape index (κ3) is 5.62. The van der Waals surface area contributed by atoms with E-state index < -0.39 is 0 Å². The van der Waals surface area contributed by atoms with E-state index in [0.29, 0.717) is 31.7 Å². The molecule has 0 fully saturated rings. The summed E-state index contributed by atoms with van der Waals surface area (Å²) in [6.45, 7) is 0. The largest absolute Gasteiger partial charge is 0.497 e. The summed E-state index contributed by atoms with van der Waals surface area (Å²) in [5.41, 5.74) is 2.12. The second kappa shape index (κ2) is 10.5. The summed E-state index contributed by atoms with van der Waals surface area (Å²) in [6.07, 6.45) is 0. The van der Waals surface area contributed by atoms with Gasteiger partial charge in [0, 0.05) is 21.3 Å². The average molecular weight is 520 g/mol. The van der Waals surface area contributed by atoms with Crippen LogP contribution in [0.2, 0.25) is 15.1 Å². The van der Waals surface area contributed by atoms with E-state index in [0.717, 1.165) is 17.0 Å². The Balaban J connectivity index is 1.61. The number of thioether (sulfide) groups is 1. The Morgan fingerprint density at radius 1 is 0.970 bits per heavy atom. The molecule has 3 aromatic carbocycles. The number of hydrogen-bond donors (Lipinski definition) is 1. The van der Waals surface area contributed by atoms with Crippen molar-refractivity contribution in [3.8, 4) is 22.8 Å². The highest BCUT2D eigenvalue weighted by atomic mass is 35.5. The van der Waals surface area contributed by atoms with E-state index in [9.17, 15) is 4.79 Å². The standard InChI is InChI=1S/C23H17Cl3N4O2S/c1-32-18-9-7-17(8-10-18)30-22(14-2-4-15(24)5-3-14)28-29-23(30)33-13-21(31)27-20-12-16(25)6-11-19(20)26/h2-12H,13H2,1H3,(H,27,31). The van der Waals surface area contributed by atoms with E-state index >= 15 is 0 Å². The molecular weight excluding hydrogens is 503 g/mol. The SMILES string of the molecule is COc1ccc(-n2c(SCC(=O)Nc3cc(Cl)ccc3Cl)nnc2-c2ccc(Cl)cc2)cc1. The highest BCUT2D eigenvalue weighted by molar-refractivity contribution is 7.99. The molecule has 0 aliphatic rings. The predicted octanol–water partition coefficient (Wildman–Crippen LogP) is 6.63. The third-order valence-electron chi connectivity index (χ3n) is 4.60. The minimum Gasteiger partial charge on any atom is -0.497 e. The Kier molecular flexibility index (Phi) is 7.45. The first-order valence-corrected chi connectivity index (χ1v) is 11.8. The van der Waals surface area contributed by atoms with E-state index in [4.69, 9.17) is 39.5 Å². The van der Waals surface area contributed by atoms with Crippen LogP contribution in [-0.4, -0.2) is 33.5 Å². The third-order valence-corrected chi connectivity index (χ3v) is 6.35. The Labute approximate surface area is 209 Å². The van der Waals surface area contributed by atoms with Gasteiger partial charge in [-0.05, 0) is 66.7 Å². The number of nitrogens with zero attached hydrogens (tertiary/aromatic N) is 3.